The van der Waals surface area contributed by atoms with Gasteiger partial charge in [0.1, 0.15) is 18.1 Å². The van der Waals surface area contributed by atoms with Crippen LogP contribution >= 0.6 is 11.6 Å². The van der Waals surface area contributed by atoms with Crippen molar-refractivity contribution in [2.24, 2.45) is 0 Å². The first-order valence-corrected chi connectivity index (χ1v) is 11.2. The summed E-state index contributed by atoms with van der Waals surface area (Å²) in [6.45, 7) is 1.75. The van der Waals surface area contributed by atoms with Crippen molar-refractivity contribution in [1.82, 2.24) is 10.3 Å². The van der Waals surface area contributed by atoms with Crippen molar-refractivity contribution in [1.29, 1.82) is 0 Å². The van der Waals surface area contributed by atoms with E-state index in [-0.39, 0.29) is 18.9 Å². The van der Waals surface area contributed by atoms with Crippen molar-refractivity contribution in [3.63, 3.8) is 0 Å². The maximum Gasteiger partial charge on any atom is 0.308 e. The molecule has 0 saturated heterocycles. The summed E-state index contributed by atoms with van der Waals surface area (Å²) in [6, 6.07) is 24.9. The number of rotatable bonds is 8. The van der Waals surface area contributed by atoms with Crippen LogP contribution in [0, 0.1) is 6.92 Å². The fourth-order valence-electron chi connectivity index (χ4n) is 3.46. The Balaban J connectivity index is 1.44. The third-order valence-electron chi connectivity index (χ3n) is 5.28. The minimum atomic E-state index is -0.587. The normalized spacial score (nSPS) is 11.6. The number of aromatic nitrogens is 1. The Kier molecular flexibility index (Phi) is 7.40. The monoisotopic (exact) mass is 474 g/mol. The molecule has 1 aromatic heterocycles. The molecule has 4 rings (SSSR count). The molecule has 0 bridgehead atoms. The van der Waals surface area contributed by atoms with Crippen molar-refractivity contribution in [3.05, 3.63) is 113 Å². The average molecular weight is 475 g/mol. The maximum atomic E-state index is 12.8. The Morgan fingerprint density at radius 2 is 1.62 bits per heavy atom. The van der Waals surface area contributed by atoms with Gasteiger partial charge in [-0.05, 0) is 36.8 Å². The molecule has 6 nitrogen and oxygen atoms in total. The lowest BCUT2D eigenvalue weighted by atomic mass is 10.0. The second kappa shape index (κ2) is 10.8. The third kappa shape index (κ3) is 5.71. The third-order valence-corrected chi connectivity index (χ3v) is 5.61. The summed E-state index contributed by atoms with van der Waals surface area (Å²) in [5.74, 6) is 0.209. The molecule has 1 unspecified atom stereocenters. The number of hydrogen-bond acceptors (Lipinski definition) is 5. The number of carbonyl (C=O) groups is 2. The van der Waals surface area contributed by atoms with Gasteiger partial charge in [-0.25, -0.2) is 4.98 Å². The van der Waals surface area contributed by atoms with Gasteiger partial charge >= 0.3 is 5.97 Å². The second-order valence-corrected chi connectivity index (χ2v) is 8.08. The highest BCUT2D eigenvalue weighted by Crippen LogP contribution is 2.23. The second-order valence-electron chi connectivity index (χ2n) is 7.67. The summed E-state index contributed by atoms with van der Waals surface area (Å²) in [4.78, 5) is 30.0. The van der Waals surface area contributed by atoms with E-state index in [1.807, 2.05) is 60.7 Å². The number of hydrogen-bond donors (Lipinski definition) is 1. The number of amides is 1. The number of esters is 1. The fraction of sp³-hybridized carbons (Fsp3) is 0.148. The Morgan fingerprint density at radius 1 is 0.971 bits per heavy atom. The Hall–Kier alpha value is -3.90. The number of carbonyl (C=O) groups excluding carboxylic acids is 2. The predicted octanol–water partition coefficient (Wildman–Crippen LogP) is 5.91. The summed E-state index contributed by atoms with van der Waals surface area (Å²) in [5, 5.41) is 3.24. The minimum absolute atomic E-state index is 0.0268. The van der Waals surface area contributed by atoms with E-state index in [0.29, 0.717) is 27.9 Å². The van der Waals surface area contributed by atoms with Gasteiger partial charge < -0.3 is 14.5 Å². The lowest BCUT2D eigenvalue weighted by Gasteiger charge is -2.19. The van der Waals surface area contributed by atoms with Gasteiger partial charge in [0, 0.05) is 5.56 Å². The van der Waals surface area contributed by atoms with Crippen molar-refractivity contribution in [3.8, 4) is 11.5 Å². The summed E-state index contributed by atoms with van der Waals surface area (Å²) in [5.41, 5.74) is 2.51. The van der Waals surface area contributed by atoms with Crippen LogP contribution in [0.5, 0.6) is 0 Å². The van der Waals surface area contributed by atoms with Gasteiger partial charge in [0.25, 0.3) is 5.91 Å². The highest BCUT2D eigenvalue weighted by atomic mass is 35.5. The Bertz CT molecular complexity index is 1270. The van der Waals surface area contributed by atoms with Crippen molar-refractivity contribution < 1.29 is 18.7 Å². The summed E-state index contributed by atoms with van der Waals surface area (Å²) < 4.78 is 11.2. The molecular formula is C27H23ClN2O4. The molecular weight excluding hydrogens is 452 g/mol. The summed E-state index contributed by atoms with van der Waals surface area (Å²) in [7, 11) is 0. The molecule has 0 spiro atoms. The number of oxazole rings is 1. The number of aryl methyl sites for hydroxylation is 1. The van der Waals surface area contributed by atoms with Crippen LogP contribution in [0.4, 0.5) is 0 Å². The lowest BCUT2D eigenvalue weighted by Crippen LogP contribution is -2.30. The molecule has 0 saturated carbocycles. The van der Waals surface area contributed by atoms with Gasteiger partial charge in [-0.2, -0.15) is 0 Å². The molecule has 172 valence electrons. The number of benzene rings is 3. The van der Waals surface area contributed by atoms with Crippen molar-refractivity contribution in [2.45, 2.75) is 26.0 Å². The van der Waals surface area contributed by atoms with Crippen LogP contribution in [0.25, 0.3) is 11.5 Å². The van der Waals surface area contributed by atoms with Gasteiger partial charge in [-0.3, -0.25) is 9.59 Å². The molecule has 0 aliphatic carbocycles. The number of ether oxygens (including phenoxy) is 1. The molecule has 1 N–H and O–H groups in total. The molecule has 0 aliphatic heterocycles. The number of nitrogens with one attached hydrogen (secondary N) is 1. The van der Waals surface area contributed by atoms with Crippen LogP contribution in [0.2, 0.25) is 5.02 Å². The summed E-state index contributed by atoms with van der Waals surface area (Å²) >= 11 is 6.16. The van der Waals surface area contributed by atoms with Gasteiger partial charge in [0.2, 0.25) is 5.89 Å². The van der Waals surface area contributed by atoms with Crippen LogP contribution in [-0.2, 0) is 16.1 Å². The van der Waals surface area contributed by atoms with Gasteiger partial charge in [-0.1, -0.05) is 72.3 Å². The maximum absolute atomic E-state index is 12.8. The minimum Gasteiger partial charge on any atom is -0.459 e. The molecule has 0 radical (unpaired) electrons. The van der Waals surface area contributed by atoms with E-state index in [4.69, 9.17) is 20.8 Å². The van der Waals surface area contributed by atoms with E-state index in [9.17, 15) is 9.59 Å². The molecule has 3 aromatic carbocycles. The standard InChI is InChI=1S/C27H23ClN2O4/c1-18-24(30-27(34-18)20-12-6-3-7-13-20)17-33-25(31)16-23(19-10-4-2-5-11-19)29-26(32)21-14-8-9-15-22(21)28/h2-15,23H,16-17H2,1H3,(H,29,32). The Morgan fingerprint density at radius 3 is 2.32 bits per heavy atom. The first-order valence-electron chi connectivity index (χ1n) is 10.8. The predicted molar refractivity (Wildman–Crippen MR) is 129 cm³/mol. The zero-order valence-electron chi connectivity index (χ0n) is 18.5. The molecule has 0 fully saturated rings. The highest BCUT2D eigenvalue weighted by molar-refractivity contribution is 6.33. The van der Waals surface area contributed by atoms with E-state index >= 15 is 0 Å². The molecule has 1 atom stereocenters. The van der Waals surface area contributed by atoms with Crippen LogP contribution in [0.1, 0.15) is 39.8 Å². The van der Waals surface area contributed by atoms with Crippen LogP contribution in [-0.4, -0.2) is 16.9 Å². The molecule has 0 aliphatic rings. The van der Waals surface area contributed by atoms with Gasteiger partial charge in [-0.15, -0.1) is 0 Å². The smallest absolute Gasteiger partial charge is 0.308 e. The fourth-order valence-corrected chi connectivity index (χ4v) is 3.68. The first-order chi connectivity index (χ1) is 16.5. The van der Waals surface area contributed by atoms with Gasteiger partial charge in [0.15, 0.2) is 0 Å². The van der Waals surface area contributed by atoms with E-state index in [0.717, 1.165) is 11.1 Å². The van der Waals surface area contributed by atoms with E-state index in [2.05, 4.69) is 10.3 Å². The van der Waals surface area contributed by atoms with E-state index in [1.165, 1.54) is 0 Å². The topological polar surface area (TPSA) is 81.4 Å². The van der Waals surface area contributed by atoms with Crippen molar-refractivity contribution in [2.75, 3.05) is 0 Å². The average Bonchev–Trinajstić information content (AvgIpc) is 3.24. The zero-order valence-corrected chi connectivity index (χ0v) is 19.3. The number of halogens is 1. The van der Waals surface area contributed by atoms with Crippen LogP contribution in [0.15, 0.2) is 89.3 Å². The van der Waals surface area contributed by atoms with Crippen molar-refractivity contribution >= 4 is 23.5 Å². The highest BCUT2D eigenvalue weighted by Gasteiger charge is 2.22. The van der Waals surface area contributed by atoms with Crippen LogP contribution < -0.4 is 5.32 Å². The SMILES string of the molecule is Cc1oc(-c2ccccc2)nc1COC(=O)CC(NC(=O)c1ccccc1Cl)c1ccccc1. The number of nitrogens with zero attached hydrogens (tertiary/aromatic N) is 1. The van der Waals surface area contributed by atoms with E-state index in [1.54, 1.807) is 31.2 Å². The zero-order chi connectivity index (χ0) is 23.9. The quantitative estimate of drug-likeness (QED) is 0.321. The Labute approximate surface area is 202 Å². The summed E-state index contributed by atoms with van der Waals surface area (Å²) in [6.07, 6.45) is -0.0529. The first kappa shape index (κ1) is 23.3. The van der Waals surface area contributed by atoms with Gasteiger partial charge in [0.05, 0.1) is 23.0 Å². The van der Waals surface area contributed by atoms with Crippen LogP contribution in [0.3, 0.4) is 0 Å². The molecule has 7 heteroatoms. The van der Waals surface area contributed by atoms with E-state index < -0.39 is 12.0 Å². The molecule has 1 heterocycles. The molecule has 1 amide bonds. The largest absolute Gasteiger partial charge is 0.459 e. The molecule has 4 aromatic rings. The lowest BCUT2D eigenvalue weighted by molar-refractivity contribution is -0.145. The molecule has 34 heavy (non-hydrogen) atoms.